The van der Waals surface area contributed by atoms with Crippen molar-refractivity contribution in [1.82, 2.24) is 4.90 Å². The molecule has 0 unspecified atom stereocenters. The van der Waals surface area contributed by atoms with Crippen LogP contribution in [0.2, 0.25) is 0 Å². The highest BCUT2D eigenvalue weighted by atomic mass is 16.6. The first-order valence-corrected chi connectivity index (χ1v) is 3.80. The molecular formula is C7H13NO4. The fourth-order valence-electron chi connectivity index (χ4n) is 1.10. The molecule has 1 rings (SSSR count). The Morgan fingerprint density at radius 2 is 2.17 bits per heavy atom. The van der Waals surface area contributed by atoms with Crippen molar-refractivity contribution in [1.29, 1.82) is 0 Å². The highest BCUT2D eigenvalue weighted by Crippen LogP contribution is 2.18. The summed E-state index contributed by atoms with van der Waals surface area (Å²) in [6.45, 7) is 1.83. The monoisotopic (exact) mass is 175 g/mol. The van der Waals surface area contributed by atoms with E-state index >= 15 is 0 Å². The van der Waals surface area contributed by atoms with E-state index in [2.05, 4.69) is 4.74 Å². The predicted molar refractivity (Wildman–Crippen MR) is 40.6 cm³/mol. The first-order chi connectivity index (χ1) is 5.64. The summed E-state index contributed by atoms with van der Waals surface area (Å²) in [7, 11) is 0. The first-order valence-electron chi connectivity index (χ1n) is 3.80. The van der Waals surface area contributed by atoms with Crippen LogP contribution in [0.3, 0.4) is 0 Å². The fraction of sp³-hybridized carbons (Fsp3) is 0.857. The van der Waals surface area contributed by atoms with Gasteiger partial charge in [-0.3, -0.25) is 4.90 Å². The van der Waals surface area contributed by atoms with E-state index in [-0.39, 0.29) is 13.2 Å². The van der Waals surface area contributed by atoms with Crippen LogP contribution in [0.5, 0.6) is 0 Å². The van der Waals surface area contributed by atoms with Gasteiger partial charge in [0.1, 0.15) is 6.61 Å². The van der Waals surface area contributed by atoms with E-state index in [1.165, 1.54) is 4.90 Å². The highest BCUT2D eigenvalue weighted by Gasteiger charge is 2.38. The molecule has 70 valence electrons. The number of hydrogen-bond acceptors (Lipinski definition) is 4. The number of rotatable bonds is 3. The molecule has 1 aliphatic rings. The van der Waals surface area contributed by atoms with E-state index in [9.17, 15) is 4.79 Å². The molecule has 1 heterocycles. The molecule has 0 radical (unpaired) electrons. The van der Waals surface area contributed by atoms with Crippen LogP contribution in [0.15, 0.2) is 0 Å². The Labute approximate surface area is 70.5 Å². The summed E-state index contributed by atoms with van der Waals surface area (Å²) in [5.41, 5.74) is -0.895. The molecule has 0 aliphatic carbocycles. The molecular weight excluding hydrogens is 162 g/mol. The average molecular weight is 175 g/mol. The van der Waals surface area contributed by atoms with Crippen molar-refractivity contribution in [3.8, 4) is 0 Å². The SMILES string of the molecule is CC(CO)(CO)N1CCOC1=O. The van der Waals surface area contributed by atoms with Crippen LogP contribution in [0.4, 0.5) is 4.79 Å². The molecule has 0 aromatic carbocycles. The van der Waals surface area contributed by atoms with Crippen molar-refractivity contribution in [2.75, 3.05) is 26.4 Å². The number of aliphatic hydroxyl groups is 2. The lowest BCUT2D eigenvalue weighted by Crippen LogP contribution is -2.52. The van der Waals surface area contributed by atoms with Crippen molar-refractivity contribution >= 4 is 6.09 Å². The summed E-state index contributed by atoms with van der Waals surface area (Å²) in [6, 6.07) is 0. The Morgan fingerprint density at radius 1 is 1.58 bits per heavy atom. The molecule has 5 heteroatoms. The van der Waals surface area contributed by atoms with Gasteiger partial charge in [-0.15, -0.1) is 0 Å². The van der Waals surface area contributed by atoms with E-state index in [1.807, 2.05) is 0 Å². The van der Waals surface area contributed by atoms with Crippen molar-refractivity contribution in [2.45, 2.75) is 12.5 Å². The second kappa shape index (κ2) is 3.28. The van der Waals surface area contributed by atoms with Crippen molar-refractivity contribution < 1.29 is 19.7 Å². The Kier molecular flexibility index (Phi) is 2.54. The topological polar surface area (TPSA) is 70.0 Å². The first kappa shape index (κ1) is 9.28. The van der Waals surface area contributed by atoms with Gasteiger partial charge < -0.3 is 14.9 Å². The van der Waals surface area contributed by atoms with Gasteiger partial charge >= 0.3 is 6.09 Å². The lowest BCUT2D eigenvalue weighted by molar-refractivity contribution is 0.0287. The number of hydrogen-bond donors (Lipinski definition) is 2. The van der Waals surface area contributed by atoms with Crippen LogP contribution in [-0.2, 0) is 4.74 Å². The van der Waals surface area contributed by atoms with Crippen LogP contribution >= 0.6 is 0 Å². The third-order valence-electron chi connectivity index (χ3n) is 2.09. The summed E-state index contributed by atoms with van der Waals surface area (Å²) >= 11 is 0. The number of cyclic esters (lactones) is 1. The summed E-state index contributed by atoms with van der Waals surface area (Å²) in [6.07, 6.45) is -0.472. The zero-order chi connectivity index (χ0) is 9.19. The normalized spacial score (nSPS) is 18.2. The molecule has 2 N–H and O–H groups in total. The third kappa shape index (κ3) is 1.37. The van der Waals surface area contributed by atoms with E-state index in [1.54, 1.807) is 6.92 Å². The number of aliphatic hydroxyl groups excluding tert-OH is 2. The maximum Gasteiger partial charge on any atom is 0.410 e. The Balaban J connectivity index is 2.71. The number of ether oxygens (including phenoxy) is 1. The fourth-order valence-corrected chi connectivity index (χ4v) is 1.10. The zero-order valence-corrected chi connectivity index (χ0v) is 6.99. The highest BCUT2D eigenvalue weighted by molar-refractivity contribution is 5.70. The van der Waals surface area contributed by atoms with Crippen molar-refractivity contribution in [3.05, 3.63) is 0 Å². The average Bonchev–Trinajstić information content (AvgIpc) is 2.51. The van der Waals surface area contributed by atoms with Gasteiger partial charge in [0.15, 0.2) is 0 Å². The molecule has 0 aromatic rings. The van der Waals surface area contributed by atoms with Crippen molar-refractivity contribution in [2.24, 2.45) is 0 Å². The van der Waals surface area contributed by atoms with Gasteiger partial charge in [-0.2, -0.15) is 0 Å². The minimum absolute atomic E-state index is 0.265. The Morgan fingerprint density at radius 3 is 2.50 bits per heavy atom. The Hall–Kier alpha value is -0.810. The summed E-state index contributed by atoms with van der Waals surface area (Å²) in [4.78, 5) is 12.4. The predicted octanol–water partition coefficient (Wildman–Crippen LogP) is -0.818. The maximum atomic E-state index is 11.0. The molecule has 0 saturated carbocycles. The second-order valence-corrected chi connectivity index (χ2v) is 3.08. The van der Waals surface area contributed by atoms with Crippen LogP contribution in [0.25, 0.3) is 0 Å². The molecule has 0 atom stereocenters. The summed E-state index contributed by atoms with van der Waals surface area (Å²) < 4.78 is 4.68. The van der Waals surface area contributed by atoms with Gasteiger partial charge in [0.05, 0.1) is 25.3 Å². The van der Waals surface area contributed by atoms with Crippen molar-refractivity contribution in [3.63, 3.8) is 0 Å². The number of carbonyl (C=O) groups is 1. The second-order valence-electron chi connectivity index (χ2n) is 3.08. The number of amides is 1. The van der Waals surface area contributed by atoms with Crippen LogP contribution < -0.4 is 0 Å². The molecule has 1 fully saturated rings. The smallest absolute Gasteiger partial charge is 0.410 e. The zero-order valence-electron chi connectivity index (χ0n) is 6.99. The third-order valence-corrected chi connectivity index (χ3v) is 2.09. The van der Waals surface area contributed by atoms with Crippen LogP contribution in [0.1, 0.15) is 6.92 Å². The maximum absolute atomic E-state index is 11.0. The molecule has 0 spiro atoms. The molecule has 1 amide bonds. The summed E-state index contributed by atoms with van der Waals surface area (Å²) in [5.74, 6) is 0. The van der Waals surface area contributed by atoms with Crippen LogP contribution in [-0.4, -0.2) is 53.1 Å². The standard InChI is InChI=1S/C7H13NO4/c1-7(4-9,5-10)8-2-3-12-6(8)11/h9-10H,2-5H2,1H3. The van der Waals surface area contributed by atoms with E-state index in [0.29, 0.717) is 13.2 Å². The lowest BCUT2D eigenvalue weighted by Gasteiger charge is -2.33. The van der Waals surface area contributed by atoms with E-state index in [4.69, 9.17) is 10.2 Å². The van der Waals surface area contributed by atoms with Gasteiger partial charge in [-0.25, -0.2) is 4.79 Å². The minimum Gasteiger partial charge on any atom is -0.448 e. The van der Waals surface area contributed by atoms with Gasteiger partial charge in [0, 0.05) is 0 Å². The van der Waals surface area contributed by atoms with Crippen LogP contribution in [0, 0.1) is 0 Å². The van der Waals surface area contributed by atoms with Gasteiger partial charge in [-0.1, -0.05) is 0 Å². The van der Waals surface area contributed by atoms with Gasteiger partial charge in [0.25, 0.3) is 0 Å². The molecule has 5 nitrogen and oxygen atoms in total. The van der Waals surface area contributed by atoms with E-state index < -0.39 is 11.6 Å². The largest absolute Gasteiger partial charge is 0.448 e. The molecule has 0 bridgehead atoms. The molecule has 1 aliphatic heterocycles. The van der Waals surface area contributed by atoms with Gasteiger partial charge in [0.2, 0.25) is 0 Å². The molecule has 12 heavy (non-hydrogen) atoms. The molecule has 0 aromatic heterocycles. The van der Waals surface area contributed by atoms with E-state index in [0.717, 1.165) is 0 Å². The minimum atomic E-state index is -0.895. The number of carbonyl (C=O) groups excluding carboxylic acids is 1. The summed E-state index contributed by atoms with van der Waals surface area (Å²) in [5, 5.41) is 17.9. The van der Waals surface area contributed by atoms with Gasteiger partial charge in [-0.05, 0) is 6.92 Å². The number of nitrogens with zero attached hydrogens (tertiary/aromatic N) is 1. The quantitative estimate of drug-likeness (QED) is 0.588. The molecule has 1 saturated heterocycles. The lowest BCUT2D eigenvalue weighted by atomic mass is 10.0. The Bertz CT molecular complexity index is 178.